The lowest BCUT2D eigenvalue weighted by atomic mass is 10.1. The van der Waals surface area contributed by atoms with Crippen LogP contribution in [0.4, 0.5) is 4.39 Å². The number of fused-ring (bicyclic) bond motifs is 1. The minimum Gasteiger partial charge on any atom is -0.207 e. The average molecular weight is 250 g/mol. The van der Waals surface area contributed by atoms with Crippen LogP contribution >= 0.6 is 0 Å². The number of halogens is 1. The Morgan fingerprint density at radius 2 is 1.79 bits per heavy atom. The lowest BCUT2D eigenvalue weighted by Crippen LogP contribution is -1.88. The van der Waals surface area contributed by atoms with Gasteiger partial charge in [0, 0.05) is 10.9 Å². The number of benzene rings is 2. The van der Waals surface area contributed by atoms with Crippen LogP contribution in [-0.4, -0.2) is 10.2 Å². The fraction of sp³-hybridized carbons (Fsp3) is 0. The van der Waals surface area contributed by atoms with Crippen molar-refractivity contribution in [1.82, 2.24) is 10.2 Å². The maximum Gasteiger partial charge on any atom is 0.123 e. The number of rotatable bonds is 2. The van der Waals surface area contributed by atoms with Crippen LogP contribution in [0.5, 0.6) is 0 Å². The Bertz CT molecular complexity index is 736. The van der Waals surface area contributed by atoms with E-state index in [9.17, 15) is 4.39 Å². The standard InChI is InChI=1S/C16H11FN2/c17-14-8-9-16-15(10-14)13(11-18-19-16)7-6-12-4-2-1-3-5-12/h1-11H/b7-6+. The third-order valence-electron chi connectivity index (χ3n) is 2.89. The van der Waals surface area contributed by atoms with Crippen molar-refractivity contribution in [1.29, 1.82) is 0 Å². The van der Waals surface area contributed by atoms with Gasteiger partial charge in [-0.15, -0.1) is 0 Å². The van der Waals surface area contributed by atoms with Crippen LogP contribution in [0.3, 0.4) is 0 Å². The summed E-state index contributed by atoms with van der Waals surface area (Å²) in [6.45, 7) is 0. The van der Waals surface area contributed by atoms with Crippen molar-refractivity contribution in [2.75, 3.05) is 0 Å². The summed E-state index contributed by atoms with van der Waals surface area (Å²) >= 11 is 0. The van der Waals surface area contributed by atoms with Crippen LogP contribution < -0.4 is 0 Å². The van der Waals surface area contributed by atoms with Gasteiger partial charge in [0.1, 0.15) is 5.82 Å². The Morgan fingerprint density at radius 3 is 2.63 bits per heavy atom. The Kier molecular flexibility index (Phi) is 3.02. The van der Waals surface area contributed by atoms with Crippen molar-refractivity contribution in [3.05, 3.63) is 71.7 Å². The third-order valence-corrected chi connectivity index (χ3v) is 2.89. The number of aromatic nitrogens is 2. The summed E-state index contributed by atoms with van der Waals surface area (Å²) in [5.41, 5.74) is 2.63. The van der Waals surface area contributed by atoms with Gasteiger partial charge in [0.05, 0.1) is 11.7 Å². The van der Waals surface area contributed by atoms with Gasteiger partial charge < -0.3 is 0 Å². The van der Waals surface area contributed by atoms with Crippen LogP contribution in [0.15, 0.2) is 54.7 Å². The fourth-order valence-electron chi connectivity index (χ4n) is 1.93. The van der Waals surface area contributed by atoms with E-state index in [1.54, 1.807) is 12.3 Å². The Balaban J connectivity index is 2.06. The van der Waals surface area contributed by atoms with E-state index in [0.29, 0.717) is 5.52 Å². The lowest BCUT2D eigenvalue weighted by molar-refractivity contribution is 0.629. The van der Waals surface area contributed by atoms with Crippen LogP contribution in [0.2, 0.25) is 0 Å². The summed E-state index contributed by atoms with van der Waals surface area (Å²) in [7, 11) is 0. The molecule has 0 fully saturated rings. The summed E-state index contributed by atoms with van der Waals surface area (Å²) in [5, 5.41) is 8.68. The molecule has 2 nitrogen and oxygen atoms in total. The molecule has 0 aliphatic rings. The van der Waals surface area contributed by atoms with E-state index in [1.165, 1.54) is 12.1 Å². The van der Waals surface area contributed by atoms with Crippen LogP contribution in [0.1, 0.15) is 11.1 Å². The first-order valence-electron chi connectivity index (χ1n) is 5.97. The first-order chi connectivity index (χ1) is 9.33. The SMILES string of the molecule is Fc1ccc2nncc(/C=C/c3ccccc3)c2c1. The van der Waals surface area contributed by atoms with Gasteiger partial charge in [-0.2, -0.15) is 10.2 Å². The van der Waals surface area contributed by atoms with Crippen molar-refractivity contribution in [3.8, 4) is 0 Å². The zero-order valence-electron chi connectivity index (χ0n) is 10.1. The largest absolute Gasteiger partial charge is 0.207 e. The third kappa shape index (κ3) is 2.50. The van der Waals surface area contributed by atoms with E-state index >= 15 is 0 Å². The first kappa shape index (κ1) is 11.5. The molecule has 3 aromatic rings. The van der Waals surface area contributed by atoms with Gasteiger partial charge in [-0.25, -0.2) is 4.39 Å². The van der Waals surface area contributed by atoms with Crippen molar-refractivity contribution in [2.24, 2.45) is 0 Å². The first-order valence-corrected chi connectivity index (χ1v) is 5.97. The fourth-order valence-corrected chi connectivity index (χ4v) is 1.93. The predicted molar refractivity (Wildman–Crippen MR) is 74.9 cm³/mol. The summed E-state index contributed by atoms with van der Waals surface area (Å²) in [6, 6.07) is 14.4. The Morgan fingerprint density at radius 1 is 0.947 bits per heavy atom. The zero-order chi connectivity index (χ0) is 13.1. The number of nitrogens with zero attached hydrogens (tertiary/aromatic N) is 2. The summed E-state index contributed by atoms with van der Waals surface area (Å²) in [6.07, 6.45) is 5.54. The van der Waals surface area contributed by atoms with Gasteiger partial charge in [0.2, 0.25) is 0 Å². The second-order valence-corrected chi connectivity index (χ2v) is 4.21. The molecular weight excluding hydrogens is 239 g/mol. The van der Waals surface area contributed by atoms with Crippen molar-refractivity contribution < 1.29 is 4.39 Å². The highest BCUT2D eigenvalue weighted by molar-refractivity contribution is 5.89. The van der Waals surface area contributed by atoms with E-state index in [4.69, 9.17) is 0 Å². The highest BCUT2D eigenvalue weighted by atomic mass is 19.1. The second-order valence-electron chi connectivity index (χ2n) is 4.21. The van der Waals surface area contributed by atoms with Gasteiger partial charge >= 0.3 is 0 Å². The molecule has 0 saturated carbocycles. The molecule has 0 aliphatic carbocycles. The topological polar surface area (TPSA) is 25.8 Å². The average Bonchev–Trinajstić information content (AvgIpc) is 2.46. The highest BCUT2D eigenvalue weighted by Gasteiger charge is 2.01. The van der Waals surface area contributed by atoms with Crippen molar-refractivity contribution >= 4 is 23.1 Å². The quantitative estimate of drug-likeness (QED) is 0.688. The smallest absolute Gasteiger partial charge is 0.123 e. The predicted octanol–water partition coefficient (Wildman–Crippen LogP) is 3.94. The van der Waals surface area contributed by atoms with Crippen molar-refractivity contribution in [3.63, 3.8) is 0 Å². The van der Waals surface area contributed by atoms with Gasteiger partial charge in [0.25, 0.3) is 0 Å². The normalized spacial score (nSPS) is 11.2. The molecule has 0 unspecified atom stereocenters. The Labute approximate surface area is 110 Å². The van der Waals surface area contributed by atoms with Crippen LogP contribution in [0, 0.1) is 5.82 Å². The molecule has 3 rings (SSSR count). The molecule has 1 aromatic heterocycles. The molecule has 0 spiro atoms. The molecule has 0 bridgehead atoms. The van der Waals surface area contributed by atoms with Gasteiger partial charge in [-0.1, -0.05) is 42.5 Å². The Hall–Kier alpha value is -2.55. The summed E-state index contributed by atoms with van der Waals surface area (Å²) < 4.78 is 13.3. The number of hydrogen-bond donors (Lipinski definition) is 0. The molecule has 2 aromatic carbocycles. The van der Waals surface area contributed by atoms with E-state index < -0.39 is 0 Å². The second kappa shape index (κ2) is 4.98. The van der Waals surface area contributed by atoms with E-state index in [-0.39, 0.29) is 5.82 Å². The molecule has 0 amide bonds. The molecule has 92 valence electrons. The van der Waals surface area contributed by atoms with E-state index in [2.05, 4.69) is 10.2 Å². The monoisotopic (exact) mass is 250 g/mol. The molecular formula is C16H11FN2. The molecule has 0 atom stereocenters. The maximum absolute atomic E-state index is 13.3. The minimum atomic E-state index is -0.269. The van der Waals surface area contributed by atoms with Gasteiger partial charge in [-0.3, -0.25) is 0 Å². The van der Waals surface area contributed by atoms with Gasteiger partial charge in [-0.05, 0) is 23.8 Å². The zero-order valence-corrected chi connectivity index (χ0v) is 10.1. The maximum atomic E-state index is 13.3. The highest BCUT2D eigenvalue weighted by Crippen LogP contribution is 2.19. The van der Waals surface area contributed by atoms with E-state index in [1.807, 2.05) is 42.5 Å². The molecule has 0 saturated heterocycles. The van der Waals surface area contributed by atoms with Crippen LogP contribution in [-0.2, 0) is 0 Å². The van der Waals surface area contributed by atoms with Crippen LogP contribution in [0.25, 0.3) is 23.1 Å². The lowest BCUT2D eigenvalue weighted by Gasteiger charge is -2.00. The van der Waals surface area contributed by atoms with Crippen molar-refractivity contribution in [2.45, 2.75) is 0 Å². The molecule has 19 heavy (non-hydrogen) atoms. The molecule has 0 radical (unpaired) electrons. The minimum absolute atomic E-state index is 0.269. The molecule has 0 aliphatic heterocycles. The summed E-state index contributed by atoms with van der Waals surface area (Å²) in [4.78, 5) is 0. The molecule has 1 heterocycles. The van der Waals surface area contributed by atoms with E-state index in [0.717, 1.165) is 16.5 Å². The molecule has 0 N–H and O–H groups in total. The number of hydrogen-bond acceptors (Lipinski definition) is 2. The summed E-state index contributed by atoms with van der Waals surface area (Å²) in [5.74, 6) is -0.269. The van der Waals surface area contributed by atoms with Gasteiger partial charge in [0.15, 0.2) is 0 Å². The molecule has 3 heteroatoms.